The molecule has 3 nitrogen and oxygen atoms in total. The van der Waals surface area contributed by atoms with Crippen LogP contribution in [0.2, 0.25) is 0 Å². The van der Waals surface area contributed by atoms with Crippen molar-refractivity contribution in [3.63, 3.8) is 0 Å². The monoisotopic (exact) mass is 854 g/mol. The van der Waals surface area contributed by atoms with E-state index in [2.05, 4.69) is 159 Å². The molecule has 0 amide bonds. The molecule has 1 unspecified atom stereocenters. The molecule has 310 valence electrons. The molecule has 3 aliphatic rings. The third kappa shape index (κ3) is 8.27. The van der Waals surface area contributed by atoms with E-state index in [1.165, 1.54) is 90.3 Å². The maximum atomic E-state index is 7.34. The van der Waals surface area contributed by atoms with E-state index < -0.39 is 0 Å². The predicted molar refractivity (Wildman–Crippen MR) is 274 cm³/mol. The standard InChI is InChI=1S/C32H26OS.C13H14N2.C13H10S/c1-20(21-8-3-2-4-9-21)24-11-7-12-29-32(24)27-19-22(14-16-28(27)33-29)23-15-17-31-26(18-23)25-10-5-6-13-30(25)34-31;14-13(15)12-8-6-11(7-9-12)10-4-2-1-3-5-10;1-9-6-7-13-11(8-9)10-4-2-3-5-12(10)14-13/h3,5-6,8-11,13-20H,2,4,7,12H2,1H3;1-6,8H,7,9H2,(H3,14,15);2-8H,1H3. The molecule has 0 radical (unpaired) electrons. The molecule has 3 heterocycles. The van der Waals surface area contributed by atoms with Gasteiger partial charge < -0.3 is 10.2 Å². The van der Waals surface area contributed by atoms with E-state index in [1.807, 2.05) is 46.9 Å². The van der Waals surface area contributed by atoms with Crippen LogP contribution in [0.5, 0.6) is 0 Å². The van der Waals surface area contributed by atoms with Gasteiger partial charge in [-0.05, 0) is 127 Å². The van der Waals surface area contributed by atoms with Crippen molar-refractivity contribution < 1.29 is 4.42 Å². The van der Waals surface area contributed by atoms with Crippen LogP contribution in [0, 0.1) is 18.3 Å². The SMILES string of the molecule is CC(C1=CCCC=C1)C1=CCCc2oc3ccc(-c4ccc5sc6ccccc6c5c4)cc3c21.Cc1ccc2sc3ccccc3c2c1.N=C(N)C1=CC=C(c2ccccc2)CC1. The van der Waals surface area contributed by atoms with Crippen LogP contribution in [0.3, 0.4) is 0 Å². The Hall–Kier alpha value is -6.53. The Morgan fingerprint density at radius 3 is 1.94 bits per heavy atom. The third-order valence-electron chi connectivity index (χ3n) is 12.7. The molecule has 5 heteroatoms. The van der Waals surface area contributed by atoms with Gasteiger partial charge in [-0.25, -0.2) is 0 Å². The summed E-state index contributed by atoms with van der Waals surface area (Å²) in [6.07, 6.45) is 19.7. The molecule has 63 heavy (non-hydrogen) atoms. The molecule has 1 atom stereocenters. The number of thiophene rings is 2. The molecule has 9 aromatic rings. The molecule has 0 fully saturated rings. The van der Waals surface area contributed by atoms with Crippen molar-refractivity contribution in [2.24, 2.45) is 11.7 Å². The normalized spacial score (nSPS) is 15.1. The second-order valence-corrected chi connectivity index (χ2v) is 19.0. The van der Waals surface area contributed by atoms with Gasteiger partial charge >= 0.3 is 0 Å². The Balaban J connectivity index is 0.000000133. The van der Waals surface area contributed by atoms with Gasteiger partial charge in [0.2, 0.25) is 0 Å². The van der Waals surface area contributed by atoms with Gasteiger partial charge in [0.1, 0.15) is 17.2 Å². The van der Waals surface area contributed by atoms with Crippen molar-refractivity contribution in [2.75, 3.05) is 0 Å². The fourth-order valence-electron chi connectivity index (χ4n) is 9.31. The number of hydrogen-bond acceptors (Lipinski definition) is 4. The van der Waals surface area contributed by atoms with E-state index in [1.54, 1.807) is 0 Å². The number of nitrogens with two attached hydrogens (primary N) is 1. The Morgan fingerprint density at radius 1 is 0.603 bits per heavy atom. The maximum absolute atomic E-state index is 7.34. The Bertz CT molecular complexity index is 3350. The number of rotatable bonds is 5. The van der Waals surface area contributed by atoms with Gasteiger partial charge in [-0.1, -0.05) is 134 Å². The van der Waals surface area contributed by atoms with Gasteiger partial charge in [0.05, 0.1) is 0 Å². The summed E-state index contributed by atoms with van der Waals surface area (Å²) in [5.74, 6) is 1.73. The van der Waals surface area contributed by atoms with E-state index in [4.69, 9.17) is 15.6 Å². The van der Waals surface area contributed by atoms with E-state index in [9.17, 15) is 0 Å². The smallest absolute Gasteiger partial charge is 0.134 e. The first-order valence-corrected chi connectivity index (χ1v) is 23.7. The van der Waals surface area contributed by atoms with Crippen molar-refractivity contribution >= 4 is 91.0 Å². The second-order valence-electron chi connectivity index (χ2n) is 16.8. The molecule has 0 bridgehead atoms. The molecule has 3 N–H and O–H groups in total. The van der Waals surface area contributed by atoms with E-state index in [0.717, 1.165) is 55.4 Å². The average molecular weight is 855 g/mol. The zero-order valence-electron chi connectivity index (χ0n) is 35.8. The highest BCUT2D eigenvalue weighted by molar-refractivity contribution is 7.26. The minimum Gasteiger partial charge on any atom is -0.460 e. The summed E-state index contributed by atoms with van der Waals surface area (Å²) in [5.41, 5.74) is 18.0. The number of nitrogens with one attached hydrogen (secondary N) is 1. The van der Waals surface area contributed by atoms with Crippen LogP contribution in [-0.2, 0) is 6.42 Å². The number of benzene rings is 6. The van der Waals surface area contributed by atoms with Crippen LogP contribution >= 0.6 is 22.7 Å². The van der Waals surface area contributed by atoms with E-state index >= 15 is 0 Å². The fraction of sp³-hybridized carbons (Fsp3) is 0.155. The van der Waals surface area contributed by atoms with E-state index in [-0.39, 0.29) is 5.84 Å². The highest BCUT2D eigenvalue weighted by Crippen LogP contribution is 2.44. The second kappa shape index (κ2) is 17.7. The number of allylic oxidation sites excluding steroid dienone is 9. The highest BCUT2D eigenvalue weighted by Gasteiger charge is 2.26. The molecule has 0 spiro atoms. The Morgan fingerprint density at radius 2 is 1.25 bits per heavy atom. The van der Waals surface area contributed by atoms with Crippen molar-refractivity contribution in [3.05, 3.63) is 204 Å². The summed E-state index contributed by atoms with van der Waals surface area (Å²) < 4.78 is 11.9. The molecule has 6 aromatic carbocycles. The summed E-state index contributed by atoms with van der Waals surface area (Å²) in [5, 5.41) is 14.1. The minimum absolute atomic E-state index is 0.193. The van der Waals surface area contributed by atoms with Gasteiger partial charge in [-0.3, -0.25) is 5.41 Å². The lowest BCUT2D eigenvalue weighted by atomic mass is 9.81. The molecular weight excluding hydrogens is 805 g/mol. The summed E-state index contributed by atoms with van der Waals surface area (Å²) in [6.45, 7) is 4.49. The number of hydrogen-bond donors (Lipinski definition) is 2. The minimum atomic E-state index is 0.193. The van der Waals surface area contributed by atoms with Crippen LogP contribution in [0.1, 0.15) is 61.5 Å². The van der Waals surface area contributed by atoms with Crippen molar-refractivity contribution in [1.82, 2.24) is 0 Å². The van der Waals surface area contributed by atoms with Crippen molar-refractivity contribution in [1.29, 1.82) is 5.41 Å². The maximum Gasteiger partial charge on any atom is 0.134 e. The van der Waals surface area contributed by atoms with Gasteiger partial charge in [0, 0.05) is 63.6 Å². The average Bonchev–Trinajstić information content (AvgIpc) is 4.03. The van der Waals surface area contributed by atoms with Crippen LogP contribution in [0.15, 0.2) is 185 Å². The summed E-state index contributed by atoms with van der Waals surface area (Å²) >= 11 is 3.74. The lowest BCUT2D eigenvalue weighted by Crippen LogP contribution is -2.14. The number of furan rings is 1. The first-order chi connectivity index (χ1) is 30.9. The summed E-state index contributed by atoms with van der Waals surface area (Å²) in [4.78, 5) is 0. The van der Waals surface area contributed by atoms with E-state index in [0.29, 0.717) is 5.92 Å². The van der Waals surface area contributed by atoms with Crippen LogP contribution < -0.4 is 5.73 Å². The highest BCUT2D eigenvalue weighted by atomic mass is 32.1. The molecule has 12 rings (SSSR count). The van der Waals surface area contributed by atoms with Gasteiger partial charge in [0.25, 0.3) is 0 Å². The summed E-state index contributed by atoms with van der Waals surface area (Å²) in [6, 6.07) is 47.9. The quantitative estimate of drug-likeness (QED) is 0.134. The molecule has 3 aliphatic carbocycles. The number of amidine groups is 1. The third-order valence-corrected chi connectivity index (χ3v) is 15.0. The lowest BCUT2D eigenvalue weighted by Gasteiger charge is -2.22. The van der Waals surface area contributed by atoms with Crippen LogP contribution in [-0.4, -0.2) is 5.84 Å². The fourth-order valence-corrected chi connectivity index (χ4v) is 11.5. The molecule has 0 aliphatic heterocycles. The molecule has 0 saturated carbocycles. The first kappa shape index (κ1) is 40.5. The molecular formula is C58H50N2OS2. The molecule has 3 aromatic heterocycles. The zero-order chi connectivity index (χ0) is 42.9. The summed E-state index contributed by atoms with van der Waals surface area (Å²) in [7, 11) is 0. The van der Waals surface area contributed by atoms with Gasteiger partial charge in [-0.2, -0.15) is 0 Å². The number of fused-ring (bicyclic) bond motifs is 9. The predicted octanol–water partition coefficient (Wildman–Crippen LogP) is 16.8. The number of aryl methyl sites for hydroxylation is 2. The van der Waals surface area contributed by atoms with Gasteiger partial charge in [0.15, 0.2) is 0 Å². The molecule has 0 saturated heterocycles. The van der Waals surface area contributed by atoms with Crippen LogP contribution in [0.4, 0.5) is 0 Å². The Kier molecular flexibility index (Phi) is 11.4. The largest absolute Gasteiger partial charge is 0.460 e. The van der Waals surface area contributed by atoms with Crippen LogP contribution in [0.25, 0.3) is 73.6 Å². The first-order valence-electron chi connectivity index (χ1n) is 22.1. The van der Waals surface area contributed by atoms with Crippen molar-refractivity contribution in [2.45, 2.75) is 52.4 Å². The topological polar surface area (TPSA) is 63.0 Å². The Labute approximate surface area is 377 Å². The van der Waals surface area contributed by atoms with Crippen molar-refractivity contribution in [3.8, 4) is 11.1 Å². The van der Waals surface area contributed by atoms with Gasteiger partial charge in [-0.15, -0.1) is 22.7 Å². The lowest BCUT2D eigenvalue weighted by molar-refractivity contribution is 0.544. The zero-order valence-corrected chi connectivity index (χ0v) is 37.4.